The van der Waals surface area contributed by atoms with Crippen LogP contribution in [0, 0.1) is 0 Å². The van der Waals surface area contributed by atoms with Gasteiger partial charge in [-0.3, -0.25) is 9.59 Å². The Hall–Kier alpha value is -2.34. The quantitative estimate of drug-likeness (QED) is 0.757. The topological polar surface area (TPSA) is 49.9 Å². The van der Waals surface area contributed by atoms with Crippen LogP contribution in [-0.4, -0.2) is 44.0 Å². The second-order valence-corrected chi connectivity index (χ2v) is 7.73. The number of hydrogen-bond donors (Lipinski definition) is 0. The van der Waals surface area contributed by atoms with Gasteiger partial charge in [-0.2, -0.15) is 0 Å². The first-order chi connectivity index (χ1) is 12.5. The SMILES string of the molecule is COc1ccc2c(c1)[C@]1(CCN(C(=O)c3cccc(Br)c3)C1)C(=O)N2C. The van der Waals surface area contributed by atoms with E-state index in [1.807, 2.05) is 36.4 Å². The number of fused-ring (bicyclic) bond motifs is 2. The number of halogens is 1. The molecule has 1 saturated heterocycles. The summed E-state index contributed by atoms with van der Waals surface area (Å²) < 4.78 is 6.22. The Bertz CT molecular complexity index is 914. The van der Waals surface area contributed by atoms with Gasteiger partial charge in [-0.05, 0) is 48.4 Å². The van der Waals surface area contributed by atoms with Gasteiger partial charge in [-0.1, -0.05) is 22.0 Å². The molecule has 2 heterocycles. The fourth-order valence-corrected chi connectivity index (χ4v) is 4.44. The zero-order valence-corrected chi connectivity index (χ0v) is 16.2. The Balaban J connectivity index is 1.69. The van der Waals surface area contributed by atoms with Crippen molar-refractivity contribution in [1.82, 2.24) is 4.90 Å². The second kappa shape index (κ2) is 6.13. The number of methoxy groups -OCH3 is 1. The number of anilines is 1. The molecular weight excluding hydrogens is 396 g/mol. The number of carbonyl (C=O) groups excluding carboxylic acids is 2. The maximum atomic E-state index is 13.1. The van der Waals surface area contributed by atoms with Gasteiger partial charge in [-0.15, -0.1) is 0 Å². The van der Waals surface area contributed by atoms with E-state index in [-0.39, 0.29) is 11.8 Å². The molecule has 4 rings (SSSR count). The van der Waals surface area contributed by atoms with Crippen molar-refractivity contribution in [1.29, 1.82) is 0 Å². The first kappa shape index (κ1) is 17.1. The number of ether oxygens (including phenoxy) is 1. The molecule has 0 aliphatic carbocycles. The van der Waals surface area contributed by atoms with Gasteiger partial charge >= 0.3 is 0 Å². The Kier molecular flexibility index (Phi) is 4.03. The Morgan fingerprint density at radius 1 is 1.23 bits per heavy atom. The lowest BCUT2D eigenvalue weighted by atomic mass is 9.81. The number of carbonyl (C=O) groups is 2. The van der Waals surface area contributed by atoms with Crippen LogP contribution in [0.3, 0.4) is 0 Å². The summed E-state index contributed by atoms with van der Waals surface area (Å²) in [6.07, 6.45) is 0.621. The van der Waals surface area contributed by atoms with Crippen molar-refractivity contribution < 1.29 is 14.3 Å². The van der Waals surface area contributed by atoms with Gasteiger partial charge in [-0.25, -0.2) is 0 Å². The molecule has 26 heavy (non-hydrogen) atoms. The fourth-order valence-electron chi connectivity index (χ4n) is 4.05. The normalized spacial score (nSPS) is 21.4. The van der Waals surface area contributed by atoms with Crippen LogP contribution in [0.1, 0.15) is 22.3 Å². The molecule has 2 aromatic carbocycles. The van der Waals surface area contributed by atoms with E-state index < -0.39 is 5.41 Å². The predicted molar refractivity (Wildman–Crippen MR) is 103 cm³/mol. The number of benzene rings is 2. The lowest BCUT2D eigenvalue weighted by molar-refractivity contribution is -0.122. The molecule has 2 amide bonds. The standard InChI is InChI=1S/C20H19BrN2O3/c1-22-17-7-6-15(26-2)11-16(17)20(19(22)25)8-9-23(12-20)18(24)13-4-3-5-14(21)10-13/h3-7,10-11H,8-9,12H2,1-2H3/t20-/m1/s1. The molecule has 0 unspecified atom stereocenters. The van der Waals surface area contributed by atoms with Gasteiger partial charge in [0.25, 0.3) is 5.91 Å². The van der Waals surface area contributed by atoms with E-state index in [0.717, 1.165) is 21.5 Å². The maximum Gasteiger partial charge on any atom is 0.253 e. The molecule has 134 valence electrons. The van der Waals surface area contributed by atoms with Crippen LogP contribution in [0.4, 0.5) is 5.69 Å². The van der Waals surface area contributed by atoms with Crippen LogP contribution in [0.15, 0.2) is 46.9 Å². The lowest BCUT2D eigenvalue weighted by Gasteiger charge is -2.23. The van der Waals surface area contributed by atoms with E-state index in [4.69, 9.17) is 4.74 Å². The summed E-state index contributed by atoms with van der Waals surface area (Å²) in [6, 6.07) is 13.1. The van der Waals surface area contributed by atoms with E-state index in [2.05, 4.69) is 15.9 Å². The average Bonchev–Trinajstić information content (AvgIpc) is 3.19. The van der Waals surface area contributed by atoms with Crippen LogP contribution >= 0.6 is 15.9 Å². The summed E-state index contributed by atoms with van der Waals surface area (Å²) in [5.41, 5.74) is 1.79. The van der Waals surface area contributed by atoms with E-state index in [1.54, 1.807) is 30.0 Å². The highest BCUT2D eigenvalue weighted by Crippen LogP contribution is 2.48. The number of hydrogen-bond acceptors (Lipinski definition) is 3. The summed E-state index contributed by atoms with van der Waals surface area (Å²) in [5, 5.41) is 0. The average molecular weight is 415 g/mol. The van der Waals surface area contributed by atoms with Gasteiger partial charge in [0.2, 0.25) is 5.91 Å². The zero-order valence-electron chi connectivity index (χ0n) is 14.7. The minimum Gasteiger partial charge on any atom is -0.497 e. The largest absolute Gasteiger partial charge is 0.497 e. The summed E-state index contributed by atoms with van der Waals surface area (Å²) in [5.74, 6) is 0.725. The predicted octanol–water partition coefficient (Wildman–Crippen LogP) is 3.22. The molecule has 0 saturated carbocycles. The monoisotopic (exact) mass is 414 g/mol. The van der Waals surface area contributed by atoms with Crippen molar-refractivity contribution in [3.63, 3.8) is 0 Å². The van der Waals surface area contributed by atoms with Crippen molar-refractivity contribution in [2.75, 3.05) is 32.1 Å². The molecule has 1 fully saturated rings. The van der Waals surface area contributed by atoms with Gasteiger partial charge in [0, 0.05) is 35.9 Å². The Morgan fingerprint density at radius 3 is 2.77 bits per heavy atom. The van der Waals surface area contributed by atoms with Gasteiger partial charge in [0.1, 0.15) is 5.75 Å². The molecule has 0 N–H and O–H groups in total. The Morgan fingerprint density at radius 2 is 2.04 bits per heavy atom. The molecule has 0 bridgehead atoms. The van der Waals surface area contributed by atoms with E-state index in [9.17, 15) is 9.59 Å². The van der Waals surface area contributed by atoms with Crippen molar-refractivity contribution in [3.05, 3.63) is 58.1 Å². The van der Waals surface area contributed by atoms with Gasteiger partial charge in [0.15, 0.2) is 0 Å². The zero-order chi connectivity index (χ0) is 18.5. The van der Waals surface area contributed by atoms with E-state index in [1.165, 1.54) is 0 Å². The third-order valence-electron chi connectivity index (χ3n) is 5.42. The van der Waals surface area contributed by atoms with Crippen molar-refractivity contribution in [3.8, 4) is 5.75 Å². The molecular formula is C20H19BrN2O3. The molecule has 0 aromatic heterocycles. The van der Waals surface area contributed by atoms with Crippen molar-refractivity contribution in [2.24, 2.45) is 0 Å². The number of nitrogens with zero attached hydrogens (tertiary/aromatic N) is 2. The van der Waals surface area contributed by atoms with Crippen molar-refractivity contribution >= 4 is 33.4 Å². The molecule has 5 nitrogen and oxygen atoms in total. The molecule has 1 spiro atoms. The first-order valence-electron chi connectivity index (χ1n) is 8.48. The number of likely N-dealkylation sites (N-methyl/N-ethyl adjacent to an activating group) is 1. The molecule has 2 aromatic rings. The van der Waals surface area contributed by atoms with Crippen molar-refractivity contribution in [2.45, 2.75) is 11.8 Å². The summed E-state index contributed by atoms with van der Waals surface area (Å²) in [6.45, 7) is 0.948. The third-order valence-corrected chi connectivity index (χ3v) is 5.92. The summed E-state index contributed by atoms with van der Waals surface area (Å²) in [7, 11) is 3.41. The van der Waals surface area contributed by atoms with Crippen LogP contribution in [0.25, 0.3) is 0 Å². The number of amides is 2. The molecule has 6 heteroatoms. The lowest BCUT2D eigenvalue weighted by Crippen LogP contribution is -2.42. The fraction of sp³-hybridized carbons (Fsp3) is 0.300. The summed E-state index contributed by atoms with van der Waals surface area (Å²) >= 11 is 3.41. The van der Waals surface area contributed by atoms with Crippen LogP contribution in [-0.2, 0) is 10.2 Å². The highest BCUT2D eigenvalue weighted by molar-refractivity contribution is 9.10. The molecule has 2 aliphatic rings. The maximum absolute atomic E-state index is 13.1. The van der Waals surface area contributed by atoms with Crippen LogP contribution in [0.5, 0.6) is 5.75 Å². The van der Waals surface area contributed by atoms with E-state index >= 15 is 0 Å². The highest BCUT2D eigenvalue weighted by atomic mass is 79.9. The Labute approximate surface area is 160 Å². The molecule has 0 radical (unpaired) electrons. The van der Waals surface area contributed by atoms with Crippen LogP contribution < -0.4 is 9.64 Å². The number of likely N-dealkylation sites (tertiary alicyclic amines) is 1. The molecule has 2 aliphatic heterocycles. The smallest absolute Gasteiger partial charge is 0.253 e. The minimum atomic E-state index is -0.680. The molecule has 1 atom stereocenters. The third kappa shape index (κ3) is 2.43. The second-order valence-electron chi connectivity index (χ2n) is 6.82. The van der Waals surface area contributed by atoms with Gasteiger partial charge < -0.3 is 14.5 Å². The number of rotatable bonds is 2. The van der Waals surface area contributed by atoms with Crippen LogP contribution in [0.2, 0.25) is 0 Å². The summed E-state index contributed by atoms with van der Waals surface area (Å²) in [4.78, 5) is 29.5. The first-order valence-corrected chi connectivity index (χ1v) is 9.27. The highest BCUT2D eigenvalue weighted by Gasteiger charge is 2.54. The minimum absolute atomic E-state index is 0.0463. The van der Waals surface area contributed by atoms with Gasteiger partial charge in [0.05, 0.1) is 12.5 Å². The van der Waals surface area contributed by atoms with E-state index in [0.29, 0.717) is 25.1 Å².